The molecule has 1 atom stereocenters. The summed E-state index contributed by atoms with van der Waals surface area (Å²) >= 11 is 0. The van der Waals surface area contributed by atoms with Crippen molar-refractivity contribution in [1.82, 2.24) is 14.7 Å². The molecule has 198 valence electrons. The smallest absolute Gasteiger partial charge is 0.317 e. The van der Waals surface area contributed by atoms with Crippen molar-refractivity contribution in [2.24, 2.45) is 5.73 Å². The van der Waals surface area contributed by atoms with Crippen LogP contribution in [0.1, 0.15) is 17.9 Å². The van der Waals surface area contributed by atoms with Crippen molar-refractivity contribution >= 4 is 11.8 Å². The molecule has 38 heavy (non-hydrogen) atoms. The lowest BCUT2D eigenvalue weighted by molar-refractivity contribution is 0.160. The van der Waals surface area contributed by atoms with E-state index in [4.69, 9.17) is 10.5 Å². The van der Waals surface area contributed by atoms with Crippen molar-refractivity contribution in [3.05, 3.63) is 102 Å². The number of aromatic nitrogens is 2. The van der Waals surface area contributed by atoms with Gasteiger partial charge in [0.05, 0.1) is 18.0 Å². The average molecular weight is 520 g/mol. The van der Waals surface area contributed by atoms with Gasteiger partial charge in [0.15, 0.2) is 11.6 Å². The zero-order chi connectivity index (χ0) is 26.9. The highest BCUT2D eigenvalue weighted by Gasteiger charge is 2.24. The van der Waals surface area contributed by atoms with Gasteiger partial charge >= 0.3 is 6.03 Å². The number of benzene rings is 3. The molecule has 7 nitrogen and oxygen atoms in total. The van der Waals surface area contributed by atoms with E-state index in [9.17, 15) is 13.6 Å². The molecule has 1 fully saturated rings. The summed E-state index contributed by atoms with van der Waals surface area (Å²) < 4.78 is 32.6. The topological polar surface area (TPSA) is 85.4 Å². The molecule has 1 aromatic heterocycles. The number of carbonyl (C=O) groups is 1. The summed E-state index contributed by atoms with van der Waals surface area (Å²) in [7, 11) is 1.68. The Morgan fingerprint density at radius 2 is 1.74 bits per heavy atom. The number of carbonyl (C=O) groups excluding carboxylic acids is 1. The van der Waals surface area contributed by atoms with E-state index in [2.05, 4.69) is 15.3 Å². The molecular formula is C29H31F2N5O2. The van der Waals surface area contributed by atoms with Gasteiger partial charge in [-0.25, -0.2) is 18.3 Å². The van der Waals surface area contributed by atoms with E-state index >= 15 is 0 Å². The highest BCUT2D eigenvalue weighted by Crippen LogP contribution is 2.28. The molecule has 9 heteroatoms. The molecule has 5 rings (SSSR count). The predicted octanol–water partition coefficient (Wildman–Crippen LogP) is 5.43. The molecule has 1 aliphatic heterocycles. The van der Waals surface area contributed by atoms with Crippen LogP contribution in [-0.2, 0) is 4.74 Å². The number of halogens is 2. The molecule has 1 unspecified atom stereocenters. The van der Waals surface area contributed by atoms with Crippen LogP contribution in [0.4, 0.5) is 19.4 Å². The first-order valence-electron chi connectivity index (χ1n) is 12.4. The summed E-state index contributed by atoms with van der Waals surface area (Å²) in [6, 6.07) is 24.7. The van der Waals surface area contributed by atoms with Crippen LogP contribution in [0, 0.1) is 11.6 Å². The quantitative estimate of drug-likeness (QED) is 0.341. The Bertz CT molecular complexity index is 1330. The zero-order valence-corrected chi connectivity index (χ0v) is 21.2. The van der Waals surface area contributed by atoms with Gasteiger partial charge in [0.25, 0.3) is 0 Å². The minimum atomic E-state index is -0.775. The molecular weight excluding hydrogens is 488 g/mol. The molecule has 0 aliphatic carbocycles. The Kier molecular flexibility index (Phi) is 9.18. The molecule has 1 aliphatic rings. The van der Waals surface area contributed by atoms with E-state index in [1.54, 1.807) is 23.9 Å². The van der Waals surface area contributed by atoms with Crippen LogP contribution < -0.4 is 11.1 Å². The maximum atomic E-state index is 13.1. The van der Waals surface area contributed by atoms with Gasteiger partial charge in [-0.1, -0.05) is 54.6 Å². The minimum Gasteiger partial charge on any atom is -0.383 e. The first-order valence-corrected chi connectivity index (χ1v) is 12.4. The Morgan fingerprint density at radius 3 is 2.39 bits per heavy atom. The number of hydrogen-bond donors (Lipinski definition) is 2. The maximum Gasteiger partial charge on any atom is 0.317 e. The van der Waals surface area contributed by atoms with Gasteiger partial charge < -0.3 is 15.4 Å². The van der Waals surface area contributed by atoms with Crippen molar-refractivity contribution in [3.63, 3.8) is 0 Å². The number of rotatable bonds is 7. The maximum absolute atomic E-state index is 13.1. The van der Waals surface area contributed by atoms with E-state index in [1.165, 1.54) is 12.1 Å². The minimum absolute atomic E-state index is 0.307. The van der Waals surface area contributed by atoms with Gasteiger partial charge in [-0.2, -0.15) is 5.10 Å². The number of methoxy groups -OCH3 is 1. The van der Waals surface area contributed by atoms with Crippen LogP contribution in [0.15, 0.2) is 84.9 Å². The Morgan fingerprint density at radius 1 is 1.03 bits per heavy atom. The van der Waals surface area contributed by atoms with Crippen molar-refractivity contribution in [3.8, 4) is 16.9 Å². The van der Waals surface area contributed by atoms with Crippen molar-refractivity contribution in [2.45, 2.75) is 12.3 Å². The predicted molar refractivity (Wildman–Crippen MR) is 144 cm³/mol. The Hall–Kier alpha value is -4.08. The number of para-hydroxylation sites is 1. The number of urea groups is 1. The second kappa shape index (κ2) is 12.9. The van der Waals surface area contributed by atoms with Gasteiger partial charge in [0.1, 0.15) is 5.82 Å². The fourth-order valence-electron chi connectivity index (χ4n) is 4.41. The molecule has 2 heterocycles. The van der Waals surface area contributed by atoms with Gasteiger partial charge in [0, 0.05) is 31.8 Å². The molecule has 0 saturated carbocycles. The SMILES string of the molecule is COCCN1CCC(c2ccc(F)c(F)c2)C1.NC(=O)Nc1cc(-c2ccccc2)nn1-c1ccccc1. The summed E-state index contributed by atoms with van der Waals surface area (Å²) in [6.07, 6.45) is 0.995. The lowest BCUT2D eigenvalue weighted by Gasteiger charge is -2.15. The number of nitrogens with one attached hydrogen (secondary N) is 1. The summed E-state index contributed by atoms with van der Waals surface area (Å²) in [5, 5.41) is 7.15. The molecule has 0 spiro atoms. The first-order chi connectivity index (χ1) is 18.4. The van der Waals surface area contributed by atoms with E-state index in [1.807, 2.05) is 60.7 Å². The third-order valence-electron chi connectivity index (χ3n) is 6.33. The summed E-state index contributed by atoms with van der Waals surface area (Å²) in [5.41, 5.74) is 8.71. The normalized spacial score (nSPS) is 15.1. The monoisotopic (exact) mass is 519 g/mol. The molecule has 0 radical (unpaired) electrons. The van der Waals surface area contributed by atoms with E-state index < -0.39 is 17.7 Å². The molecule has 0 bridgehead atoms. The highest BCUT2D eigenvalue weighted by molar-refractivity contribution is 5.88. The van der Waals surface area contributed by atoms with Crippen molar-refractivity contribution < 1.29 is 18.3 Å². The van der Waals surface area contributed by atoms with Crippen molar-refractivity contribution in [2.75, 3.05) is 38.7 Å². The largest absolute Gasteiger partial charge is 0.383 e. The molecule has 1 saturated heterocycles. The molecule has 4 aromatic rings. The van der Waals surface area contributed by atoms with Crippen LogP contribution in [0.3, 0.4) is 0 Å². The van der Waals surface area contributed by atoms with Crippen LogP contribution in [-0.4, -0.2) is 54.1 Å². The standard InChI is InChI=1S/C16H14N4O.C13H17F2NO/c17-16(21)18-15-11-14(12-7-3-1-4-8-12)19-20(15)13-9-5-2-6-10-13;1-17-7-6-16-5-4-11(9-16)10-2-3-12(14)13(15)8-10/h1-11H,(H3,17,18,21);2-3,8,11H,4-7,9H2,1H3. The summed E-state index contributed by atoms with van der Waals surface area (Å²) in [6.45, 7) is 3.50. The fourth-order valence-corrected chi connectivity index (χ4v) is 4.41. The van der Waals surface area contributed by atoms with E-state index in [0.29, 0.717) is 18.3 Å². The molecule has 2 amide bonds. The second-order valence-corrected chi connectivity index (χ2v) is 8.97. The molecule has 3 aromatic carbocycles. The van der Waals surface area contributed by atoms with Gasteiger partial charge in [-0.3, -0.25) is 5.32 Å². The third kappa shape index (κ3) is 7.02. The number of hydrogen-bond acceptors (Lipinski definition) is 4. The number of nitrogens with two attached hydrogens (primary N) is 1. The zero-order valence-electron chi connectivity index (χ0n) is 21.2. The van der Waals surface area contributed by atoms with E-state index in [-0.39, 0.29) is 0 Å². The van der Waals surface area contributed by atoms with E-state index in [0.717, 1.165) is 48.6 Å². The summed E-state index contributed by atoms with van der Waals surface area (Å²) in [4.78, 5) is 13.5. The number of amides is 2. The van der Waals surface area contributed by atoms with Crippen LogP contribution >= 0.6 is 0 Å². The lowest BCUT2D eigenvalue weighted by atomic mass is 9.98. The van der Waals surface area contributed by atoms with Crippen LogP contribution in [0.5, 0.6) is 0 Å². The Balaban J connectivity index is 0.000000181. The number of anilines is 1. The van der Waals surface area contributed by atoms with Crippen LogP contribution in [0.25, 0.3) is 16.9 Å². The van der Waals surface area contributed by atoms with Crippen molar-refractivity contribution in [1.29, 1.82) is 0 Å². The molecule has 3 N–H and O–H groups in total. The average Bonchev–Trinajstić information content (AvgIpc) is 3.58. The van der Waals surface area contributed by atoms with Gasteiger partial charge in [0.2, 0.25) is 0 Å². The second-order valence-electron chi connectivity index (χ2n) is 8.97. The summed E-state index contributed by atoms with van der Waals surface area (Å²) in [5.74, 6) is -0.685. The first kappa shape index (κ1) is 27.0. The number of primary amides is 1. The number of likely N-dealkylation sites (tertiary alicyclic amines) is 1. The Labute approximate surface area is 220 Å². The van der Waals surface area contributed by atoms with Gasteiger partial charge in [-0.15, -0.1) is 0 Å². The fraction of sp³-hybridized carbons (Fsp3) is 0.241. The lowest BCUT2D eigenvalue weighted by Crippen LogP contribution is -2.24. The van der Waals surface area contributed by atoms with Crippen LogP contribution in [0.2, 0.25) is 0 Å². The number of nitrogens with zero attached hydrogens (tertiary/aromatic N) is 3. The highest BCUT2D eigenvalue weighted by atomic mass is 19.2. The van der Waals surface area contributed by atoms with Gasteiger partial charge in [-0.05, 0) is 48.7 Å². The number of ether oxygens (including phenoxy) is 1. The third-order valence-corrected chi connectivity index (χ3v) is 6.33.